The first kappa shape index (κ1) is 44.4. The van der Waals surface area contributed by atoms with Crippen LogP contribution in [0.3, 0.4) is 0 Å². The molecule has 4 N–H and O–H groups in total. The molecule has 64 heavy (non-hydrogen) atoms. The maximum atomic E-state index is 13.9. The molecule has 2 aliphatic heterocycles. The normalized spacial score (nSPS) is 16.9. The summed E-state index contributed by atoms with van der Waals surface area (Å²) in [5, 5.41) is 5.34. The summed E-state index contributed by atoms with van der Waals surface area (Å²) < 4.78 is 14.6. The zero-order valence-electron chi connectivity index (χ0n) is 36.3. The van der Waals surface area contributed by atoms with Crippen LogP contribution in [0.25, 0.3) is 22.5 Å². The number of aromatic amines is 2. The molecule has 0 bridgehead atoms. The summed E-state index contributed by atoms with van der Waals surface area (Å²) in [5.74, 6) is 6.83. The Balaban J connectivity index is 1.01. The van der Waals surface area contributed by atoms with Gasteiger partial charge >= 0.3 is 18.3 Å². The summed E-state index contributed by atoms with van der Waals surface area (Å²) in [7, 11) is 3.82. The van der Waals surface area contributed by atoms with Gasteiger partial charge in [0.25, 0.3) is 5.91 Å². The molecule has 0 saturated carbocycles. The Morgan fingerprint density at radius 1 is 0.672 bits per heavy atom. The number of carbonyl (C=O) groups is 5. The number of amides is 5. The number of imidazole rings is 2. The second-order valence-electron chi connectivity index (χ2n) is 15.8. The van der Waals surface area contributed by atoms with E-state index in [1.165, 1.54) is 26.2 Å². The van der Waals surface area contributed by atoms with Gasteiger partial charge in [0.1, 0.15) is 29.8 Å². The number of H-pyrrole nitrogens is 2. The molecule has 332 valence electrons. The third-order valence-electron chi connectivity index (χ3n) is 11.4. The van der Waals surface area contributed by atoms with E-state index < -0.39 is 36.4 Å². The summed E-state index contributed by atoms with van der Waals surface area (Å²) in [6, 6.07) is 21.9. The first-order chi connectivity index (χ1) is 31.0. The van der Waals surface area contributed by atoms with Crippen LogP contribution < -0.4 is 10.6 Å². The number of methoxy groups -OCH3 is 3. The SMILES string of the molecule is COC(=O)N[C@H](C(=O)N1CCN(C(=O)OC)C[C@H]1c1ncc(-c2ccc(C#Cc3ccc(-c4cnc([C@@H]5CCCN5C(=O)[C@H](NC(=O)OC)c5ccccc5)[nH]4)cc3)cc2)[nH]1)C(C)C. The van der Waals surface area contributed by atoms with E-state index in [4.69, 9.17) is 14.2 Å². The van der Waals surface area contributed by atoms with Gasteiger partial charge in [0.05, 0.1) is 57.7 Å². The maximum absolute atomic E-state index is 13.9. The lowest BCUT2D eigenvalue weighted by Crippen LogP contribution is -2.58. The number of hydrogen-bond acceptors (Lipinski definition) is 10. The van der Waals surface area contributed by atoms with E-state index in [0.717, 1.165) is 40.8 Å². The lowest BCUT2D eigenvalue weighted by molar-refractivity contribution is -0.139. The Morgan fingerprint density at radius 3 is 1.77 bits per heavy atom. The van der Waals surface area contributed by atoms with E-state index in [9.17, 15) is 24.0 Å². The molecule has 7 rings (SSSR count). The average molecular weight is 870 g/mol. The third kappa shape index (κ3) is 10.0. The number of likely N-dealkylation sites (tertiary alicyclic amines) is 1. The number of carbonyl (C=O) groups excluding carboxylic acids is 5. The predicted octanol–water partition coefficient (Wildman–Crippen LogP) is 5.96. The predicted molar refractivity (Wildman–Crippen MR) is 235 cm³/mol. The van der Waals surface area contributed by atoms with Crippen molar-refractivity contribution >= 4 is 30.1 Å². The molecule has 5 amide bonds. The summed E-state index contributed by atoms with van der Waals surface area (Å²) in [6.07, 6.45) is 3.07. The molecular formula is C47H51N9O8. The van der Waals surface area contributed by atoms with Crippen molar-refractivity contribution in [1.29, 1.82) is 0 Å². The standard InChI is InChI=1S/C47H51N9O8/c1-29(2)39(52-45(59)62-3)43(57)56-25-24-54(47(61)64-5)28-38(56)42-49-27-36(51-42)33-21-17-31(18-22-33)14-13-30-15-19-32(20-16-30)35-26-48-41(50-35)37-12-9-23-55(37)44(58)40(53-46(60)63-4)34-10-7-6-8-11-34/h6-8,10-11,15-22,26-27,29,37-40H,9,12,23-25,28H2,1-5H3,(H,48,50)(H,49,51)(H,52,59)(H,53,60)/t37-,38-,39-,40+/m0/s1. The van der Waals surface area contributed by atoms with Gasteiger partial charge in [-0.2, -0.15) is 0 Å². The monoisotopic (exact) mass is 869 g/mol. The smallest absolute Gasteiger partial charge is 0.409 e. The summed E-state index contributed by atoms with van der Waals surface area (Å²) in [5.41, 5.74) is 5.55. The van der Waals surface area contributed by atoms with Gasteiger partial charge in [-0.3, -0.25) is 9.59 Å². The number of hydrogen-bond donors (Lipinski definition) is 4. The van der Waals surface area contributed by atoms with Crippen molar-refractivity contribution in [3.63, 3.8) is 0 Å². The Morgan fingerprint density at radius 2 is 1.22 bits per heavy atom. The number of ether oxygens (including phenoxy) is 3. The number of benzene rings is 3. The minimum atomic E-state index is -0.898. The summed E-state index contributed by atoms with van der Waals surface area (Å²) >= 11 is 0. The number of piperazine rings is 1. The van der Waals surface area contributed by atoms with Crippen LogP contribution in [0.4, 0.5) is 14.4 Å². The van der Waals surface area contributed by atoms with E-state index in [1.807, 2.05) is 80.6 Å². The highest BCUT2D eigenvalue weighted by Crippen LogP contribution is 2.34. The van der Waals surface area contributed by atoms with Crippen LogP contribution in [0.15, 0.2) is 91.3 Å². The zero-order valence-corrected chi connectivity index (χ0v) is 36.3. The zero-order chi connectivity index (χ0) is 45.3. The van der Waals surface area contributed by atoms with Crippen LogP contribution in [0, 0.1) is 17.8 Å². The quantitative estimate of drug-likeness (QED) is 0.0958. The first-order valence-corrected chi connectivity index (χ1v) is 21.0. The molecule has 0 unspecified atom stereocenters. The number of nitrogens with zero attached hydrogens (tertiary/aromatic N) is 5. The van der Waals surface area contributed by atoms with Gasteiger partial charge < -0.3 is 49.5 Å². The molecule has 4 heterocycles. The van der Waals surface area contributed by atoms with Crippen LogP contribution in [0.2, 0.25) is 0 Å². The molecular weight excluding hydrogens is 819 g/mol. The van der Waals surface area contributed by atoms with Crippen molar-refractivity contribution in [2.24, 2.45) is 5.92 Å². The molecule has 0 spiro atoms. The average Bonchev–Trinajstić information content (AvgIpc) is 4.14. The molecule has 2 fully saturated rings. The van der Waals surface area contributed by atoms with Crippen molar-refractivity contribution in [3.05, 3.63) is 120 Å². The van der Waals surface area contributed by atoms with Gasteiger partial charge in [-0.25, -0.2) is 24.4 Å². The molecule has 17 nitrogen and oxygen atoms in total. The number of aromatic nitrogens is 4. The summed E-state index contributed by atoms with van der Waals surface area (Å²) in [4.78, 5) is 85.6. The second kappa shape index (κ2) is 20.1. The van der Waals surface area contributed by atoms with Gasteiger partial charge in [-0.1, -0.05) is 80.3 Å². The van der Waals surface area contributed by atoms with E-state index in [1.54, 1.807) is 34.3 Å². The van der Waals surface area contributed by atoms with Crippen molar-refractivity contribution in [2.75, 3.05) is 47.5 Å². The van der Waals surface area contributed by atoms with Gasteiger partial charge in [0.15, 0.2) is 0 Å². The lowest BCUT2D eigenvalue weighted by Gasteiger charge is -2.41. The first-order valence-electron chi connectivity index (χ1n) is 21.0. The molecule has 2 aliphatic rings. The van der Waals surface area contributed by atoms with Crippen molar-refractivity contribution in [2.45, 2.75) is 50.9 Å². The Kier molecular flexibility index (Phi) is 13.9. The van der Waals surface area contributed by atoms with Gasteiger partial charge in [0, 0.05) is 30.8 Å². The van der Waals surface area contributed by atoms with Crippen molar-refractivity contribution < 1.29 is 38.2 Å². The highest BCUT2D eigenvalue weighted by molar-refractivity contribution is 5.88. The van der Waals surface area contributed by atoms with Gasteiger partial charge in [0.2, 0.25) is 5.91 Å². The lowest BCUT2D eigenvalue weighted by atomic mass is 10.0. The number of nitrogens with one attached hydrogen (secondary N) is 4. The van der Waals surface area contributed by atoms with E-state index in [2.05, 4.69) is 42.4 Å². The van der Waals surface area contributed by atoms with Crippen LogP contribution >= 0.6 is 0 Å². The highest BCUT2D eigenvalue weighted by atomic mass is 16.5. The van der Waals surface area contributed by atoms with E-state index in [-0.39, 0.29) is 43.4 Å². The van der Waals surface area contributed by atoms with Crippen molar-refractivity contribution in [1.82, 2.24) is 45.3 Å². The largest absolute Gasteiger partial charge is 0.453 e. The highest BCUT2D eigenvalue weighted by Gasteiger charge is 2.40. The van der Waals surface area contributed by atoms with Gasteiger partial charge in [-0.05, 0) is 59.7 Å². The number of alkyl carbamates (subject to hydrolysis) is 2. The van der Waals surface area contributed by atoms with E-state index in [0.29, 0.717) is 29.5 Å². The molecule has 0 radical (unpaired) electrons. The molecule has 17 heteroatoms. The fraction of sp³-hybridized carbons (Fsp3) is 0.340. The minimum Gasteiger partial charge on any atom is -0.453 e. The van der Waals surface area contributed by atoms with Crippen LogP contribution in [-0.2, 0) is 23.8 Å². The Hall–Kier alpha value is -7.61. The third-order valence-corrected chi connectivity index (χ3v) is 11.4. The van der Waals surface area contributed by atoms with Gasteiger partial charge in [-0.15, -0.1) is 0 Å². The summed E-state index contributed by atoms with van der Waals surface area (Å²) in [6.45, 7) is 4.81. The van der Waals surface area contributed by atoms with E-state index >= 15 is 0 Å². The maximum Gasteiger partial charge on any atom is 0.409 e. The van der Waals surface area contributed by atoms with Crippen LogP contribution in [0.1, 0.15) is 73.2 Å². The van der Waals surface area contributed by atoms with Crippen LogP contribution in [-0.4, -0.2) is 118 Å². The molecule has 0 aliphatic carbocycles. The Bertz CT molecular complexity index is 2510. The van der Waals surface area contributed by atoms with Crippen LogP contribution in [0.5, 0.6) is 0 Å². The number of rotatable bonds is 10. The minimum absolute atomic E-state index is 0.142. The molecule has 2 aromatic heterocycles. The molecule has 5 aromatic rings. The fourth-order valence-corrected chi connectivity index (χ4v) is 7.96. The molecule has 4 atom stereocenters. The second-order valence-corrected chi connectivity index (χ2v) is 15.8. The van der Waals surface area contributed by atoms with Crippen molar-refractivity contribution in [3.8, 4) is 34.4 Å². The fourth-order valence-electron chi connectivity index (χ4n) is 7.96. The topological polar surface area (TPSA) is 204 Å². The Labute approximate surface area is 370 Å². The molecule has 3 aromatic carbocycles. The molecule has 2 saturated heterocycles.